The molecule has 2 heterocycles. The Morgan fingerprint density at radius 1 is 1.37 bits per heavy atom. The Hall–Kier alpha value is -1.89. The Kier molecular flexibility index (Phi) is 2.60. The van der Waals surface area contributed by atoms with E-state index in [2.05, 4.69) is 26.0 Å². The number of nitrogen functional groups attached to an aromatic ring is 1. The highest BCUT2D eigenvalue weighted by Crippen LogP contribution is 2.29. The smallest absolute Gasteiger partial charge is 0.207 e. The van der Waals surface area contributed by atoms with Gasteiger partial charge in [-0.3, -0.25) is 4.57 Å². The molecule has 0 aliphatic heterocycles. The second-order valence-electron chi connectivity index (χ2n) is 4.28. The molecular weight excluding hydrogens is 313 g/mol. The van der Waals surface area contributed by atoms with Crippen LogP contribution in [0.4, 0.5) is 10.3 Å². The predicted molar refractivity (Wildman–Crippen MR) is 74.6 cm³/mol. The lowest BCUT2D eigenvalue weighted by Crippen LogP contribution is -2.05. The summed E-state index contributed by atoms with van der Waals surface area (Å²) in [6.07, 6.45) is 0. The highest BCUT2D eigenvalue weighted by Gasteiger charge is 2.18. The maximum atomic E-state index is 13.5. The molecule has 1 aromatic carbocycles. The monoisotopic (exact) mass is 323 g/mol. The first kappa shape index (κ1) is 12.2. The van der Waals surface area contributed by atoms with Crippen LogP contribution in [0.5, 0.6) is 0 Å². The quantitative estimate of drug-likeness (QED) is 0.748. The van der Waals surface area contributed by atoms with Crippen LogP contribution in [0.1, 0.15) is 5.69 Å². The number of nitrogens with two attached hydrogens (primary N) is 1. The largest absolute Gasteiger partial charge is 0.369 e. The van der Waals surface area contributed by atoms with Crippen molar-refractivity contribution in [2.75, 3.05) is 5.73 Å². The van der Waals surface area contributed by atoms with E-state index in [-0.39, 0.29) is 5.82 Å². The normalized spacial score (nSPS) is 11.4. The predicted octanol–water partition coefficient (Wildman–Crippen LogP) is 2.55. The fraction of sp³-hybridized carbons (Fsp3) is 0.167. The van der Waals surface area contributed by atoms with Crippen LogP contribution < -0.4 is 5.73 Å². The number of aryl methyl sites for hydroxylation is 2. The molecule has 0 unspecified atom stereocenters. The van der Waals surface area contributed by atoms with Gasteiger partial charge in [-0.25, -0.2) is 14.1 Å². The average molecular weight is 324 g/mol. The van der Waals surface area contributed by atoms with Gasteiger partial charge in [0.1, 0.15) is 11.3 Å². The summed E-state index contributed by atoms with van der Waals surface area (Å²) in [5.74, 6) is -0.0317. The van der Waals surface area contributed by atoms with Gasteiger partial charge in [-0.05, 0) is 41.1 Å². The summed E-state index contributed by atoms with van der Waals surface area (Å²) in [5, 5.41) is 4.30. The van der Waals surface area contributed by atoms with E-state index in [0.29, 0.717) is 11.6 Å². The summed E-state index contributed by atoms with van der Waals surface area (Å²) < 4.78 is 17.6. The number of fused-ring (bicyclic) bond motifs is 1. The Balaban J connectivity index is 2.42. The molecule has 0 aliphatic carbocycles. The zero-order chi connectivity index (χ0) is 13.7. The molecule has 3 aromatic rings. The molecule has 0 amide bonds. The number of anilines is 1. The Labute approximate surface area is 117 Å². The van der Waals surface area contributed by atoms with Gasteiger partial charge in [-0.15, -0.1) is 0 Å². The lowest BCUT2D eigenvalue weighted by Gasteiger charge is -2.09. The number of rotatable bonds is 1. The van der Waals surface area contributed by atoms with Crippen LogP contribution in [0.15, 0.2) is 22.7 Å². The van der Waals surface area contributed by atoms with Gasteiger partial charge in [-0.1, -0.05) is 0 Å². The fourth-order valence-electron chi connectivity index (χ4n) is 2.18. The van der Waals surface area contributed by atoms with Gasteiger partial charge >= 0.3 is 0 Å². The second-order valence-corrected chi connectivity index (χ2v) is 5.14. The van der Waals surface area contributed by atoms with Crippen LogP contribution in [0.3, 0.4) is 0 Å². The van der Waals surface area contributed by atoms with Crippen molar-refractivity contribution in [3.63, 3.8) is 0 Å². The molecule has 5 nitrogen and oxygen atoms in total. The molecule has 2 aromatic heterocycles. The van der Waals surface area contributed by atoms with E-state index in [1.54, 1.807) is 22.4 Å². The first-order valence-electron chi connectivity index (χ1n) is 5.62. The van der Waals surface area contributed by atoms with E-state index in [0.717, 1.165) is 21.3 Å². The first-order chi connectivity index (χ1) is 8.99. The van der Waals surface area contributed by atoms with Gasteiger partial charge < -0.3 is 5.73 Å². The number of benzene rings is 1. The van der Waals surface area contributed by atoms with Crippen molar-refractivity contribution in [3.05, 3.63) is 34.2 Å². The molecule has 0 saturated heterocycles. The van der Waals surface area contributed by atoms with Crippen molar-refractivity contribution in [2.45, 2.75) is 6.92 Å². The third-order valence-corrected chi connectivity index (χ3v) is 3.65. The van der Waals surface area contributed by atoms with Crippen LogP contribution in [-0.4, -0.2) is 19.3 Å². The van der Waals surface area contributed by atoms with Gasteiger partial charge in [0, 0.05) is 11.5 Å². The van der Waals surface area contributed by atoms with Crippen molar-refractivity contribution in [1.29, 1.82) is 0 Å². The van der Waals surface area contributed by atoms with Gasteiger partial charge in [0.25, 0.3) is 0 Å². The lowest BCUT2D eigenvalue weighted by atomic mass is 10.3. The third-order valence-electron chi connectivity index (χ3n) is 2.98. The van der Waals surface area contributed by atoms with Crippen LogP contribution in [0, 0.1) is 12.7 Å². The van der Waals surface area contributed by atoms with E-state index in [4.69, 9.17) is 5.73 Å². The molecule has 0 spiro atoms. The van der Waals surface area contributed by atoms with E-state index >= 15 is 0 Å². The minimum Gasteiger partial charge on any atom is -0.369 e. The standard InChI is InChI=1S/C12H11BrFN5/c1-6-10-11(18(2)17-6)19(12(15)16-10)9-5-7(14)3-4-8(9)13/h3-5H,1-2H3,(H2,15,16). The molecule has 98 valence electrons. The number of imidazole rings is 1. The third kappa shape index (κ3) is 1.73. The van der Waals surface area contributed by atoms with Crippen LogP contribution in [0.25, 0.3) is 16.9 Å². The lowest BCUT2D eigenvalue weighted by molar-refractivity contribution is 0.626. The van der Waals surface area contributed by atoms with Crippen molar-refractivity contribution < 1.29 is 4.39 Å². The SMILES string of the molecule is Cc1nn(C)c2c1nc(N)n2-c1cc(F)ccc1Br. The maximum absolute atomic E-state index is 13.5. The highest BCUT2D eigenvalue weighted by molar-refractivity contribution is 9.10. The van der Waals surface area contributed by atoms with Crippen molar-refractivity contribution in [3.8, 4) is 5.69 Å². The molecule has 0 aliphatic rings. The summed E-state index contributed by atoms with van der Waals surface area (Å²) in [4.78, 5) is 4.29. The Bertz CT molecular complexity index is 789. The van der Waals surface area contributed by atoms with Crippen molar-refractivity contribution in [1.82, 2.24) is 19.3 Å². The number of hydrogen-bond donors (Lipinski definition) is 1. The minimum atomic E-state index is -0.335. The van der Waals surface area contributed by atoms with Crippen LogP contribution in [0.2, 0.25) is 0 Å². The summed E-state index contributed by atoms with van der Waals surface area (Å²) in [7, 11) is 1.81. The maximum Gasteiger partial charge on any atom is 0.207 e. The molecule has 19 heavy (non-hydrogen) atoms. The van der Waals surface area contributed by atoms with Crippen molar-refractivity contribution in [2.24, 2.45) is 7.05 Å². The molecular formula is C12H11BrFN5. The Morgan fingerprint density at radius 2 is 2.11 bits per heavy atom. The molecule has 7 heteroatoms. The number of hydrogen-bond acceptors (Lipinski definition) is 3. The zero-order valence-corrected chi connectivity index (χ0v) is 11.9. The van der Waals surface area contributed by atoms with Crippen LogP contribution in [-0.2, 0) is 7.05 Å². The Morgan fingerprint density at radius 3 is 2.84 bits per heavy atom. The van der Waals surface area contributed by atoms with Crippen molar-refractivity contribution >= 4 is 33.0 Å². The zero-order valence-electron chi connectivity index (χ0n) is 10.4. The van der Waals surface area contributed by atoms with Gasteiger partial charge in [0.2, 0.25) is 5.95 Å². The molecule has 0 fully saturated rings. The first-order valence-corrected chi connectivity index (χ1v) is 6.41. The molecule has 2 N–H and O–H groups in total. The summed E-state index contributed by atoms with van der Waals surface area (Å²) in [6.45, 7) is 1.86. The van der Waals surface area contributed by atoms with E-state index in [1.165, 1.54) is 12.1 Å². The van der Waals surface area contributed by atoms with E-state index < -0.39 is 0 Å². The van der Waals surface area contributed by atoms with Gasteiger partial charge in [0.05, 0.1) is 11.4 Å². The second kappa shape index (κ2) is 4.06. The minimum absolute atomic E-state index is 0.303. The summed E-state index contributed by atoms with van der Waals surface area (Å²) in [5.41, 5.74) is 8.80. The number of aromatic nitrogens is 4. The van der Waals surface area contributed by atoms with E-state index in [9.17, 15) is 4.39 Å². The fourth-order valence-corrected chi connectivity index (χ4v) is 2.61. The molecule has 0 bridgehead atoms. The molecule has 0 atom stereocenters. The molecule has 0 radical (unpaired) electrons. The number of halogens is 2. The highest BCUT2D eigenvalue weighted by atomic mass is 79.9. The summed E-state index contributed by atoms with van der Waals surface area (Å²) >= 11 is 3.40. The van der Waals surface area contributed by atoms with Crippen LogP contribution >= 0.6 is 15.9 Å². The topological polar surface area (TPSA) is 61.7 Å². The van der Waals surface area contributed by atoms with Gasteiger partial charge in [0.15, 0.2) is 5.65 Å². The molecule has 0 saturated carbocycles. The van der Waals surface area contributed by atoms with Gasteiger partial charge in [-0.2, -0.15) is 5.10 Å². The average Bonchev–Trinajstić information content (AvgIpc) is 2.81. The summed E-state index contributed by atoms with van der Waals surface area (Å²) in [6, 6.07) is 4.43. The molecule has 3 rings (SSSR count). The van der Waals surface area contributed by atoms with E-state index in [1.807, 2.05) is 6.92 Å². The number of nitrogens with zero attached hydrogens (tertiary/aromatic N) is 4.